The number of methoxy groups -OCH3 is 3. The Bertz CT molecular complexity index is 2830. The van der Waals surface area contributed by atoms with Gasteiger partial charge in [0.2, 0.25) is 0 Å². The summed E-state index contributed by atoms with van der Waals surface area (Å²) >= 11 is 0. The molecule has 0 saturated carbocycles. The standard InChI is InChI=1S/C77H136N2O26/c1-26-52-76(19,91)62(84)42(7)56(80)38(3)34-72(15,90)66(44(9)60(46(11)68(88)100-52)102-54-36-73(16,93-23)64(86)48(13)98-54)104-70-58(82)50(32-40(5)96-70)78(21)30-28-29-31-79(22)51-33-41(6)97-71(59(51)83)105-67-45(10)61(103-55-37-74(17,94-24)65(87)49(14)99-55)47(12)69(89)101-53(27-2)77(20,92)63(85)43(8)57(81)39(4)35-75(67,18)95-25/h28-29,38-55,58-67,70-71,82-87,90-92H,26-27,30-37H2,1-25H3/b29-28+/t38-,39-,40?,41?,42+,43+,44+,45+,46-,47-,48?,49?,50?,51?,52-,53-,54?,55?,58?,59?,60+,61+,62-,63-,64?,65?,66-,67-,70?,71?,72+,73?,74?,75+,76-,77-/m1/s1. The van der Waals surface area contributed by atoms with Gasteiger partial charge in [0, 0.05) is 94.9 Å². The molecule has 0 amide bonds. The predicted molar refractivity (Wildman–Crippen MR) is 384 cm³/mol. The van der Waals surface area contributed by atoms with Crippen LogP contribution in [0, 0.1) is 47.3 Å². The van der Waals surface area contributed by atoms with Gasteiger partial charge in [0.05, 0.1) is 95.3 Å². The Hall–Kier alpha value is -2.86. The lowest BCUT2D eigenvalue weighted by Crippen LogP contribution is -2.61. The highest BCUT2D eigenvalue weighted by Crippen LogP contribution is 2.45. The zero-order chi connectivity index (χ0) is 79.5. The average molecular weight is 1510 g/mol. The SMILES string of the molecule is CC[C@H]1OC(=O)[C@H](C)[C@@H](OC2CC(C)(OC)C(O)C(C)O2)[C@H](C)[C@@H](OC2OC(C)CC(N(C)C/C=C/CN(C)C3CC(C)OC(O[C@@H]4[C@@H](C)[C@H](OC5CC(C)(OC)C(O)C(C)O5)[C@@H](C)C(=O)O[C@H](CC)[C@@](C)(O)[C@H](O)[C@@H](C)C(=O)[C@H](C)C[C@]4(C)OC)C3O)C2O)[C@@](C)(O)C[C@@H](C)C(=O)[C@H](C)[C@@H](O)[C@]1(C)O. The lowest BCUT2D eigenvalue weighted by Gasteiger charge is -2.50. The van der Waals surface area contributed by atoms with Crippen LogP contribution in [-0.2, 0) is 80.8 Å². The molecule has 0 aromatic rings. The largest absolute Gasteiger partial charge is 0.459 e. The molecule has 0 aromatic carbocycles. The Morgan fingerprint density at radius 2 is 0.800 bits per heavy atom. The molecule has 105 heavy (non-hydrogen) atoms. The zero-order valence-corrected chi connectivity index (χ0v) is 67.4. The third-order valence-corrected chi connectivity index (χ3v) is 24.8. The summed E-state index contributed by atoms with van der Waals surface area (Å²) in [7, 11) is 8.12. The van der Waals surface area contributed by atoms with Crippen LogP contribution in [-0.4, -0.2) is 296 Å². The van der Waals surface area contributed by atoms with Crippen molar-refractivity contribution in [3.63, 3.8) is 0 Å². The second-order valence-electron chi connectivity index (χ2n) is 33.5. The third-order valence-electron chi connectivity index (χ3n) is 24.8. The van der Waals surface area contributed by atoms with Gasteiger partial charge in [0.25, 0.3) is 0 Å². The molecule has 6 heterocycles. The van der Waals surface area contributed by atoms with Gasteiger partial charge in [0.15, 0.2) is 25.2 Å². The van der Waals surface area contributed by atoms with Gasteiger partial charge < -0.3 is 108 Å². The van der Waals surface area contributed by atoms with Crippen LogP contribution in [0.5, 0.6) is 0 Å². The molecule has 6 aliphatic heterocycles. The summed E-state index contributed by atoms with van der Waals surface area (Å²) in [6.07, 6.45) is -18.4. The van der Waals surface area contributed by atoms with E-state index in [0.29, 0.717) is 25.9 Å². The number of carbonyl (C=O) groups is 4. The lowest BCUT2D eigenvalue weighted by molar-refractivity contribution is -0.319. The lowest BCUT2D eigenvalue weighted by atomic mass is 9.74. The number of aliphatic hydroxyl groups is 9. The molecule has 0 aliphatic carbocycles. The molecule has 28 nitrogen and oxygen atoms in total. The van der Waals surface area contributed by atoms with Crippen molar-refractivity contribution < 1.29 is 127 Å². The van der Waals surface area contributed by atoms with Gasteiger partial charge in [-0.2, -0.15) is 0 Å². The number of ether oxygens (including phenoxy) is 13. The maximum atomic E-state index is 14.7. The number of rotatable bonds is 19. The number of ketones is 2. The van der Waals surface area contributed by atoms with E-state index in [0.717, 1.165) is 0 Å². The van der Waals surface area contributed by atoms with E-state index >= 15 is 0 Å². The van der Waals surface area contributed by atoms with E-state index in [1.165, 1.54) is 55.9 Å². The fourth-order valence-corrected chi connectivity index (χ4v) is 17.6. The molecule has 36 atom stereocenters. The van der Waals surface area contributed by atoms with Crippen LogP contribution in [0.1, 0.15) is 190 Å². The van der Waals surface area contributed by atoms with E-state index in [-0.39, 0.29) is 38.5 Å². The van der Waals surface area contributed by atoms with Gasteiger partial charge in [-0.25, -0.2) is 0 Å². The number of cyclic esters (lactones) is 2. The van der Waals surface area contributed by atoms with Crippen LogP contribution in [0.3, 0.4) is 0 Å². The Morgan fingerprint density at radius 1 is 0.457 bits per heavy atom. The zero-order valence-electron chi connectivity index (χ0n) is 67.4. The quantitative estimate of drug-likeness (QED) is 0.0633. The van der Waals surface area contributed by atoms with Crippen LogP contribution in [0.15, 0.2) is 12.2 Å². The minimum atomic E-state index is -2.09. The van der Waals surface area contributed by atoms with Crippen molar-refractivity contribution in [2.45, 2.75) is 358 Å². The molecule has 610 valence electrons. The molecule has 16 unspecified atom stereocenters. The number of aliphatic hydroxyl groups excluding tert-OH is 6. The Kier molecular flexibility index (Phi) is 31.9. The summed E-state index contributed by atoms with van der Waals surface area (Å²) in [5.74, 6) is -10.7. The molecular weight excluding hydrogens is 1370 g/mol. The third kappa shape index (κ3) is 20.3. The fraction of sp³-hybridized carbons (Fsp3) is 0.922. The minimum Gasteiger partial charge on any atom is -0.459 e. The number of nitrogens with zero attached hydrogens (tertiary/aromatic N) is 2. The van der Waals surface area contributed by atoms with Gasteiger partial charge >= 0.3 is 11.9 Å². The van der Waals surface area contributed by atoms with Gasteiger partial charge in [-0.15, -0.1) is 0 Å². The van der Waals surface area contributed by atoms with Crippen molar-refractivity contribution >= 4 is 23.5 Å². The first-order chi connectivity index (χ1) is 48.6. The number of hydrogen-bond acceptors (Lipinski definition) is 28. The summed E-state index contributed by atoms with van der Waals surface area (Å²) < 4.78 is 83.4. The molecule has 6 aliphatic rings. The van der Waals surface area contributed by atoms with Crippen LogP contribution < -0.4 is 0 Å². The Balaban J connectivity index is 1.27. The first-order valence-electron chi connectivity index (χ1n) is 38.3. The molecule has 9 N–H and O–H groups in total. The molecule has 6 rings (SSSR count). The molecule has 28 heteroatoms. The van der Waals surface area contributed by atoms with Crippen LogP contribution in [0.2, 0.25) is 0 Å². The molecule has 0 aromatic heterocycles. The fourth-order valence-electron chi connectivity index (χ4n) is 17.6. The second-order valence-corrected chi connectivity index (χ2v) is 33.5. The van der Waals surface area contributed by atoms with E-state index in [2.05, 4.69) is 0 Å². The highest BCUT2D eigenvalue weighted by Gasteiger charge is 2.58. The van der Waals surface area contributed by atoms with Gasteiger partial charge in [-0.05, 0) is 136 Å². The summed E-state index contributed by atoms with van der Waals surface area (Å²) in [5, 5.41) is 108. The van der Waals surface area contributed by atoms with Crippen LogP contribution in [0.4, 0.5) is 0 Å². The maximum absolute atomic E-state index is 14.7. The normalized spacial score (nSPS) is 48.9. The van der Waals surface area contributed by atoms with Gasteiger partial charge in [0.1, 0.15) is 59.4 Å². The predicted octanol–water partition coefficient (Wildman–Crippen LogP) is 4.54. The second kappa shape index (κ2) is 36.7. The number of esters is 2. The van der Waals surface area contributed by atoms with Crippen LogP contribution >= 0.6 is 0 Å². The minimum absolute atomic E-state index is 0.000262. The Labute approximate surface area is 624 Å². The van der Waals surface area contributed by atoms with E-state index in [9.17, 15) is 65.1 Å². The summed E-state index contributed by atoms with van der Waals surface area (Å²) in [6, 6.07) is -1.17. The number of hydrogen-bond donors (Lipinski definition) is 9. The van der Waals surface area contributed by atoms with Gasteiger partial charge in [-0.1, -0.05) is 67.5 Å². The van der Waals surface area contributed by atoms with Crippen molar-refractivity contribution in [1.29, 1.82) is 0 Å². The van der Waals surface area contributed by atoms with Crippen LogP contribution in [0.25, 0.3) is 0 Å². The van der Waals surface area contributed by atoms with Crippen molar-refractivity contribution in [2.24, 2.45) is 47.3 Å². The van der Waals surface area contributed by atoms with Crippen molar-refractivity contribution in [3.8, 4) is 0 Å². The monoisotopic (exact) mass is 1500 g/mol. The molecule has 6 saturated heterocycles. The van der Waals surface area contributed by atoms with Gasteiger partial charge in [-0.3, -0.25) is 29.0 Å². The topological polar surface area (TPSA) is 377 Å². The molecule has 0 spiro atoms. The summed E-state index contributed by atoms with van der Waals surface area (Å²) in [4.78, 5) is 62.0. The van der Waals surface area contributed by atoms with Crippen molar-refractivity contribution in [3.05, 3.63) is 12.2 Å². The Morgan fingerprint density at radius 3 is 1.15 bits per heavy atom. The summed E-state index contributed by atoms with van der Waals surface area (Å²) in [6.45, 7) is 33.4. The number of likely N-dealkylation sites (N-methyl/N-ethyl adjacent to an activating group) is 2. The van der Waals surface area contributed by atoms with E-state index < -0.39 is 239 Å². The first kappa shape index (κ1) is 91.0. The smallest absolute Gasteiger partial charge is 0.311 e. The number of Topliss-reactive ketones (excluding diaryl/α,β-unsaturated/α-hetero) is 2. The van der Waals surface area contributed by atoms with E-state index in [1.54, 1.807) is 90.0 Å². The van der Waals surface area contributed by atoms with Crippen molar-refractivity contribution in [2.75, 3.05) is 48.5 Å². The molecule has 0 radical (unpaired) electrons. The average Bonchev–Trinajstić information content (AvgIpc) is 0.770. The maximum Gasteiger partial charge on any atom is 0.311 e. The molecular formula is C77H136N2O26. The highest BCUT2D eigenvalue weighted by molar-refractivity contribution is 5.84. The summed E-state index contributed by atoms with van der Waals surface area (Å²) in [5.41, 5.74) is -9.79. The molecule has 0 bridgehead atoms. The van der Waals surface area contributed by atoms with E-state index in [4.69, 9.17) is 61.6 Å². The molecule has 6 fully saturated rings. The highest BCUT2D eigenvalue weighted by atomic mass is 16.7. The van der Waals surface area contributed by atoms with Crippen molar-refractivity contribution in [1.82, 2.24) is 9.80 Å². The number of carbonyl (C=O) groups excluding carboxylic acids is 4. The van der Waals surface area contributed by atoms with E-state index in [1.807, 2.05) is 49.9 Å². The first-order valence-corrected chi connectivity index (χ1v) is 38.3.